The number of amides is 1. The van der Waals surface area contributed by atoms with Crippen molar-refractivity contribution in [3.63, 3.8) is 0 Å². The second-order valence-electron chi connectivity index (χ2n) is 8.65. The van der Waals surface area contributed by atoms with E-state index in [4.69, 9.17) is 4.74 Å². The van der Waals surface area contributed by atoms with Crippen LogP contribution in [0.3, 0.4) is 0 Å². The number of carbonyl (C=O) groups is 1. The van der Waals surface area contributed by atoms with Gasteiger partial charge in [-0.05, 0) is 68.3 Å². The molecule has 0 aromatic heterocycles. The van der Waals surface area contributed by atoms with Crippen LogP contribution in [0.25, 0.3) is 0 Å². The van der Waals surface area contributed by atoms with E-state index < -0.39 is 0 Å². The fourth-order valence-electron chi connectivity index (χ4n) is 3.69. The minimum atomic E-state index is -0.141. The van der Waals surface area contributed by atoms with E-state index in [1.54, 1.807) is 31.4 Å². The second kappa shape index (κ2) is 10.9. The lowest BCUT2D eigenvalue weighted by Crippen LogP contribution is -2.48. The fourth-order valence-corrected chi connectivity index (χ4v) is 3.69. The van der Waals surface area contributed by atoms with Gasteiger partial charge in [0.1, 0.15) is 5.75 Å². The van der Waals surface area contributed by atoms with Crippen molar-refractivity contribution < 1.29 is 9.53 Å². The van der Waals surface area contributed by atoms with Gasteiger partial charge in [-0.15, -0.1) is 0 Å². The molecule has 0 bridgehead atoms. The van der Waals surface area contributed by atoms with Crippen molar-refractivity contribution in [2.45, 2.75) is 38.9 Å². The average molecular weight is 432 g/mol. The lowest BCUT2D eigenvalue weighted by molar-refractivity contribution is 0.102. The quantitative estimate of drug-likeness (QED) is 0.415. The molecule has 5 heteroatoms. The van der Waals surface area contributed by atoms with Gasteiger partial charge in [-0.25, -0.2) is 0 Å². The summed E-state index contributed by atoms with van der Waals surface area (Å²) in [6.07, 6.45) is 0. The van der Waals surface area contributed by atoms with Crippen molar-refractivity contribution in [2.24, 2.45) is 0 Å². The Balaban J connectivity index is 1.51. The first kappa shape index (κ1) is 23.5. The molecular weight excluding hydrogens is 398 g/mol. The topological polar surface area (TPSA) is 62.4 Å². The number of hydrogen-bond acceptors (Lipinski definition) is 4. The van der Waals surface area contributed by atoms with Gasteiger partial charge in [-0.2, -0.15) is 0 Å². The summed E-state index contributed by atoms with van der Waals surface area (Å²) >= 11 is 0. The number of benzene rings is 3. The van der Waals surface area contributed by atoms with Gasteiger partial charge < -0.3 is 20.7 Å². The monoisotopic (exact) mass is 431 g/mol. The number of carbonyl (C=O) groups excluding carboxylic acids is 1. The Kier molecular flexibility index (Phi) is 8.03. The average Bonchev–Trinajstić information content (AvgIpc) is 2.79. The number of ether oxygens (including phenoxy) is 1. The van der Waals surface area contributed by atoms with Crippen LogP contribution in [0.4, 0.5) is 5.69 Å². The number of anilines is 1. The Morgan fingerprint density at radius 3 is 2.38 bits per heavy atom. The predicted molar refractivity (Wildman–Crippen MR) is 131 cm³/mol. The number of nitrogens with one attached hydrogen (secondary N) is 3. The lowest BCUT2D eigenvalue weighted by Gasteiger charge is -2.31. The maximum atomic E-state index is 12.5. The summed E-state index contributed by atoms with van der Waals surface area (Å²) in [5.41, 5.74) is 3.69. The first-order valence-corrected chi connectivity index (χ1v) is 10.9. The van der Waals surface area contributed by atoms with E-state index in [1.165, 1.54) is 5.56 Å². The molecule has 5 nitrogen and oxygen atoms in total. The molecule has 3 aromatic rings. The molecular formula is C27H33N3O2. The van der Waals surface area contributed by atoms with Gasteiger partial charge in [0.05, 0.1) is 7.11 Å². The van der Waals surface area contributed by atoms with Crippen LogP contribution in [0.15, 0.2) is 78.9 Å². The molecule has 0 heterocycles. The minimum absolute atomic E-state index is 0.0740. The van der Waals surface area contributed by atoms with E-state index in [-0.39, 0.29) is 17.5 Å². The van der Waals surface area contributed by atoms with E-state index in [0.717, 1.165) is 30.1 Å². The molecule has 3 N–H and O–H groups in total. The second-order valence-corrected chi connectivity index (χ2v) is 8.65. The standard InChI is InChI=1S/C27H33N3O2/c1-20(22-10-6-5-7-11-22)30-27(2,3)19-28-18-21-9-8-12-24(17-21)29-26(31)23-13-15-25(32-4)16-14-23/h5-17,20,28,30H,18-19H2,1-4H3,(H,29,31). The first-order valence-electron chi connectivity index (χ1n) is 10.9. The Morgan fingerprint density at radius 2 is 1.69 bits per heavy atom. The third-order valence-electron chi connectivity index (χ3n) is 5.34. The highest BCUT2D eigenvalue weighted by Crippen LogP contribution is 2.17. The van der Waals surface area contributed by atoms with Crippen LogP contribution in [0.2, 0.25) is 0 Å². The molecule has 1 atom stereocenters. The summed E-state index contributed by atoms with van der Waals surface area (Å²) in [5, 5.41) is 10.2. The molecule has 0 spiro atoms. The molecule has 3 aromatic carbocycles. The number of methoxy groups -OCH3 is 1. The lowest BCUT2D eigenvalue weighted by atomic mass is 10.0. The van der Waals surface area contributed by atoms with Crippen LogP contribution >= 0.6 is 0 Å². The number of rotatable bonds is 10. The smallest absolute Gasteiger partial charge is 0.255 e. The Bertz CT molecular complexity index is 1000. The van der Waals surface area contributed by atoms with Crippen LogP contribution in [0.5, 0.6) is 5.75 Å². The van der Waals surface area contributed by atoms with Crippen LogP contribution in [0, 0.1) is 0 Å². The van der Waals surface area contributed by atoms with Gasteiger partial charge in [0.2, 0.25) is 0 Å². The normalized spacial score (nSPS) is 12.2. The summed E-state index contributed by atoms with van der Waals surface area (Å²) in [6, 6.07) is 25.7. The molecule has 0 aliphatic rings. The highest BCUT2D eigenvalue weighted by atomic mass is 16.5. The molecule has 168 valence electrons. The van der Waals surface area contributed by atoms with Gasteiger partial charge in [-0.1, -0.05) is 42.5 Å². The molecule has 0 saturated heterocycles. The zero-order chi connectivity index (χ0) is 23.0. The summed E-state index contributed by atoms with van der Waals surface area (Å²) < 4.78 is 5.14. The molecule has 0 radical (unpaired) electrons. The number of hydrogen-bond donors (Lipinski definition) is 3. The van der Waals surface area contributed by atoms with Crippen molar-refractivity contribution in [3.05, 3.63) is 95.6 Å². The summed E-state index contributed by atoms with van der Waals surface area (Å²) in [5.74, 6) is 0.586. The third-order valence-corrected chi connectivity index (χ3v) is 5.34. The zero-order valence-corrected chi connectivity index (χ0v) is 19.3. The molecule has 0 saturated carbocycles. The Labute approximate surface area is 191 Å². The van der Waals surface area contributed by atoms with Crippen LogP contribution in [0.1, 0.15) is 48.3 Å². The SMILES string of the molecule is COc1ccc(C(=O)Nc2cccc(CNCC(C)(C)NC(C)c3ccccc3)c2)cc1. The van der Waals surface area contributed by atoms with Crippen molar-refractivity contribution >= 4 is 11.6 Å². The Morgan fingerprint density at radius 1 is 0.969 bits per heavy atom. The predicted octanol–water partition coefficient (Wildman–Crippen LogP) is 5.17. The molecule has 32 heavy (non-hydrogen) atoms. The van der Waals surface area contributed by atoms with Crippen LogP contribution in [-0.4, -0.2) is 25.1 Å². The van der Waals surface area contributed by atoms with E-state index in [2.05, 4.69) is 67.1 Å². The molecule has 3 rings (SSSR count). The van der Waals surface area contributed by atoms with Crippen molar-refractivity contribution in [1.82, 2.24) is 10.6 Å². The van der Waals surface area contributed by atoms with Crippen molar-refractivity contribution in [2.75, 3.05) is 19.0 Å². The molecule has 0 aliphatic carbocycles. The van der Waals surface area contributed by atoms with Gasteiger partial charge in [0.15, 0.2) is 0 Å². The van der Waals surface area contributed by atoms with Gasteiger partial charge in [0.25, 0.3) is 5.91 Å². The van der Waals surface area contributed by atoms with E-state index in [1.807, 2.05) is 24.3 Å². The summed E-state index contributed by atoms with van der Waals surface area (Å²) in [6.45, 7) is 8.12. The third kappa shape index (κ3) is 6.94. The van der Waals surface area contributed by atoms with E-state index >= 15 is 0 Å². The van der Waals surface area contributed by atoms with Gasteiger partial charge in [-0.3, -0.25) is 4.79 Å². The Hall–Kier alpha value is -3.15. The molecule has 0 aliphatic heterocycles. The van der Waals surface area contributed by atoms with Gasteiger partial charge in [0, 0.05) is 35.9 Å². The van der Waals surface area contributed by atoms with Crippen molar-refractivity contribution in [1.29, 1.82) is 0 Å². The largest absolute Gasteiger partial charge is 0.497 e. The van der Waals surface area contributed by atoms with E-state index in [0.29, 0.717) is 5.56 Å². The first-order chi connectivity index (χ1) is 15.4. The molecule has 1 unspecified atom stereocenters. The van der Waals surface area contributed by atoms with Crippen LogP contribution in [-0.2, 0) is 6.54 Å². The highest BCUT2D eigenvalue weighted by molar-refractivity contribution is 6.04. The summed E-state index contributed by atoms with van der Waals surface area (Å²) in [7, 11) is 1.61. The zero-order valence-electron chi connectivity index (χ0n) is 19.3. The van der Waals surface area contributed by atoms with Crippen molar-refractivity contribution in [3.8, 4) is 5.75 Å². The minimum Gasteiger partial charge on any atom is -0.497 e. The molecule has 1 amide bonds. The molecule has 0 fully saturated rings. The highest BCUT2D eigenvalue weighted by Gasteiger charge is 2.20. The van der Waals surface area contributed by atoms with Crippen LogP contribution < -0.4 is 20.7 Å². The van der Waals surface area contributed by atoms with E-state index in [9.17, 15) is 4.79 Å². The van der Waals surface area contributed by atoms with Gasteiger partial charge >= 0.3 is 0 Å². The maximum absolute atomic E-state index is 12.5. The maximum Gasteiger partial charge on any atom is 0.255 e. The fraction of sp³-hybridized carbons (Fsp3) is 0.296. The summed E-state index contributed by atoms with van der Waals surface area (Å²) in [4.78, 5) is 12.5.